The molecular formula is C9H14N2O3. The van der Waals surface area contributed by atoms with Crippen LogP contribution in [0.1, 0.15) is 19.3 Å². The van der Waals surface area contributed by atoms with Gasteiger partial charge in [0.1, 0.15) is 6.04 Å². The number of carbonyl (C=O) groups is 2. The number of hydrogen-bond donors (Lipinski definition) is 1. The first-order valence-corrected chi connectivity index (χ1v) is 4.90. The van der Waals surface area contributed by atoms with Crippen molar-refractivity contribution in [1.29, 1.82) is 0 Å². The lowest BCUT2D eigenvalue weighted by Gasteiger charge is -2.21. The molecule has 1 amide bonds. The zero-order valence-electron chi connectivity index (χ0n) is 7.89. The Kier molecular flexibility index (Phi) is 2.41. The average Bonchev–Trinajstić information content (AvgIpc) is 2.62. The van der Waals surface area contributed by atoms with Gasteiger partial charge >= 0.3 is 6.47 Å². The Balaban J connectivity index is 2.13. The maximum absolute atomic E-state index is 11.2. The van der Waals surface area contributed by atoms with Crippen LogP contribution in [0, 0.1) is 11.8 Å². The Hall–Kier alpha value is -1.10. The van der Waals surface area contributed by atoms with Gasteiger partial charge in [0.25, 0.3) is 0 Å². The Morgan fingerprint density at radius 3 is 2.93 bits per heavy atom. The maximum atomic E-state index is 11.2. The van der Waals surface area contributed by atoms with Gasteiger partial charge in [0, 0.05) is 6.54 Å². The van der Waals surface area contributed by atoms with E-state index in [9.17, 15) is 9.59 Å². The van der Waals surface area contributed by atoms with Crippen LogP contribution < -0.4 is 5.73 Å². The van der Waals surface area contributed by atoms with Crippen LogP contribution in [-0.2, 0) is 14.4 Å². The summed E-state index contributed by atoms with van der Waals surface area (Å²) in [6.45, 7) is 1.01. The second kappa shape index (κ2) is 3.57. The molecule has 3 unspecified atom stereocenters. The standard InChI is InChI=1S/C9H14N2O3/c10-9(13)8-7-3-1-2-6(7)4-11(8)14-5-12/h5-8H,1-4H2,(H2,10,13). The molecule has 3 atom stereocenters. The second-order valence-corrected chi connectivity index (χ2v) is 4.00. The van der Waals surface area contributed by atoms with E-state index >= 15 is 0 Å². The van der Waals surface area contributed by atoms with E-state index in [1.807, 2.05) is 0 Å². The SMILES string of the molecule is NC(=O)C1C2CCCC2CN1OC=O. The van der Waals surface area contributed by atoms with Gasteiger partial charge in [-0.05, 0) is 24.7 Å². The van der Waals surface area contributed by atoms with E-state index in [1.165, 1.54) is 5.06 Å². The van der Waals surface area contributed by atoms with Crippen molar-refractivity contribution in [2.45, 2.75) is 25.3 Å². The van der Waals surface area contributed by atoms with Crippen LogP contribution in [0.4, 0.5) is 0 Å². The van der Waals surface area contributed by atoms with Crippen LogP contribution in [0.2, 0.25) is 0 Å². The molecule has 2 aliphatic rings. The van der Waals surface area contributed by atoms with Crippen molar-refractivity contribution in [3.8, 4) is 0 Å². The summed E-state index contributed by atoms with van der Waals surface area (Å²) in [5, 5.41) is 1.43. The molecule has 2 fully saturated rings. The molecule has 2 rings (SSSR count). The van der Waals surface area contributed by atoms with Crippen molar-refractivity contribution < 1.29 is 14.4 Å². The third-order valence-corrected chi connectivity index (χ3v) is 3.32. The molecule has 0 bridgehead atoms. The zero-order chi connectivity index (χ0) is 10.1. The lowest BCUT2D eigenvalue weighted by Crippen LogP contribution is -2.43. The molecule has 2 N–H and O–H groups in total. The largest absolute Gasteiger partial charge is 0.370 e. The van der Waals surface area contributed by atoms with Gasteiger partial charge in [-0.15, -0.1) is 5.06 Å². The van der Waals surface area contributed by atoms with Gasteiger partial charge in [-0.2, -0.15) is 0 Å². The Morgan fingerprint density at radius 1 is 1.50 bits per heavy atom. The number of rotatable bonds is 3. The van der Waals surface area contributed by atoms with E-state index in [1.54, 1.807) is 0 Å². The quantitative estimate of drug-likeness (QED) is 0.630. The lowest BCUT2D eigenvalue weighted by molar-refractivity contribution is -0.182. The smallest absolute Gasteiger partial charge is 0.313 e. The Morgan fingerprint density at radius 2 is 2.29 bits per heavy atom. The molecule has 1 aliphatic carbocycles. The number of fused-ring (bicyclic) bond motifs is 1. The highest BCUT2D eigenvalue weighted by molar-refractivity contribution is 5.80. The lowest BCUT2D eigenvalue weighted by atomic mass is 9.94. The summed E-state index contributed by atoms with van der Waals surface area (Å²) in [7, 11) is 0. The van der Waals surface area contributed by atoms with Gasteiger partial charge < -0.3 is 10.6 Å². The van der Waals surface area contributed by atoms with Gasteiger partial charge in [0.15, 0.2) is 0 Å². The fraction of sp³-hybridized carbons (Fsp3) is 0.778. The van der Waals surface area contributed by atoms with Crippen molar-refractivity contribution >= 4 is 12.4 Å². The summed E-state index contributed by atoms with van der Waals surface area (Å²) in [6.07, 6.45) is 3.26. The Bertz CT molecular complexity index is 256. The van der Waals surface area contributed by atoms with Crippen molar-refractivity contribution in [2.75, 3.05) is 6.54 Å². The van der Waals surface area contributed by atoms with Crippen LogP contribution in [-0.4, -0.2) is 30.0 Å². The molecule has 5 heteroatoms. The van der Waals surface area contributed by atoms with Crippen LogP contribution in [0.3, 0.4) is 0 Å². The highest BCUT2D eigenvalue weighted by Crippen LogP contribution is 2.41. The third kappa shape index (κ3) is 1.37. The van der Waals surface area contributed by atoms with Gasteiger partial charge in [0.2, 0.25) is 5.91 Å². The summed E-state index contributed by atoms with van der Waals surface area (Å²) < 4.78 is 0. The van der Waals surface area contributed by atoms with E-state index in [4.69, 9.17) is 10.6 Å². The topological polar surface area (TPSA) is 72.6 Å². The minimum atomic E-state index is -0.410. The normalized spacial score (nSPS) is 36.7. The van der Waals surface area contributed by atoms with E-state index in [0.717, 1.165) is 19.3 Å². The highest BCUT2D eigenvalue weighted by atomic mass is 16.7. The molecule has 1 aliphatic heterocycles. The zero-order valence-corrected chi connectivity index (χ0v) is 7.89. The number of nitrogens with two attached hydrogens (primary N) is 1. The summed E-state index contributed by atoms with van der Waals surface area (Å²) in [5.41, 5.74) is 5.30. The van der Waals surface area contributed by atoms with Gasteiger partial charge in [-0.3, -0.25) is 9.59 Å². The monoisotopic (exact) mass is 198 g/mol. The minimum Gasteiger partial charge on any atom is -0.370 e. The molecule has 0 spiro atoms. The molecule has 1 saturated heterocycles. The second-order valence-electron chi connectivity index (χ2n) is 4.00. The number of hydrogen-bond acceptors (Lipinski definition) is 4. The molecule has 0 aromatic rings. The fourth-order valence-electron chi connectivity index (χ4n) is 2.78. The van der Waals surface area contributed by atoms with Crippen LogP contribution in [0.25, 0.3) is 0 Å². The molecule has 0 aromatic carbocycles. The third-order valence-electron chi connectivity index (χ3n) is 3.32. The number of hydroxylamine groups is 2. The number of carbonyl (C=O) groups excluding carboxylic acids is 2. The first kappa shape index (κ1) is 9.45. The molecular weight excluding hydrogens is 184 g/mol. The van der Waals surface area contributed by atoms with E-state index in [2.05, 4.69) is 0 Å². The summed E-state index contributed by atoms with van der Waals surface area (Å²) in [4.78, 5) is 26.2. The van der Waals surface area contributed by atoms with E-state index in [-0.39, 0.29) is 11.8 Å². The minimum absolute atomic E-state index is 0.285. The van der Waals surface area contributed by atoms with Crippen molar-refractivity contribution in [2.24, 2.45) is 17.6 Å². The van der Waals surface area contributed by atoms with Crippen LogP contribution in [0.15, 0.2) is 0 Å². The van der Waals surface area contributed by atoms with Gasteiger partial charge in [-0.1, -0.05) is 6.42 Å². The van der Waals surface area contributed by atoms with E-state index in [0.29, 0.717) is 18.9 Å². The highest BCUT2D eigenvalue weighted by Gasteiger charge is 2.48. The molecule has 78 valence electrons. The fourth-order valence-corrected chi connectivity index (χ4v) is 2.78. The Labute approximate surface area is 82.1 Å². The predicted octanol–water partition coefficient (Wildman–Crippen LogP) is -0.340. The van der Waals surface area contributed by atoms with Crippen LogP contribution >= 0.6 is 0 Å². The molecule has 0 radical (unpaired) electrons. The van der Waals surface area contributed by atoms with Crippen molar-refractivity contribution in [3.05, 3.63) is 0 Å². The van der Waals surface area contributed by atoms with Gasteiger partial charge in [-0.25, -0.2) is 0 Å². The predicted molar refractivity (Wildman–Crippen MR) is 47.7 cm³/mol. The van der Waals surface area contributed by atoms with Crippen molar-refractivity contribution in [1.82, 2.24) is 5.06 Å². The summed E-state index contributed by atoms with van der Waals surface area (Å²) >= 11 is 0. The summed E-state index contributed by atoms with van der Waals surface area (Å²) in [6, 6.07) is -0.410. The molecule has 5 nitrogen and oxygen atoms in total. The number of amides is 1. The number of nitrogens with zero attached hydrogens (tertiary/aromatic N) is 1. The average molecular weight is 198 g/mol. The maximum Gasteiger partial charge on any atom is 0.313 e. The van der Waals surface area contributed by atoms with Crippen molar-refractivity contribution in [3.63, 3.8) is 0 Å². The first-order chi connectivity index (χ1) is 6.74. The molecule has 0 aromatic heterocycles. The molecule has 1 saturated carbocycles. The summed E-state index contributed by atoms with van der Waals surface area (Å²) in [5.74, 6) is 0.362. The van der Waals surface area contributed by atoms with Gasteiger partial charge in [0.05, 0.1) is 0 Å². The molecule has 1 heterocycles. The van der Waals surface area contributed by atoms with E-state index < -0.39 is 6.04 Å². The van der Waals surface area contributed by atoms with Crippen LogP contribution in [0.5, 0.6) is 0 Å². The molecule has 14 heavy (non-hydrogen) atoms. The first-order valence-electron chi connectivity index (χ1n) is 4.90. The number of primary amides is 1.